The summed E-state index contributed by atoms with van der Waals surface area (Å²) in [6.45, 7) is 1.27. The minimum absolute atomic E-state index is 0.0345. The molecule has 36 heavy (non-hydrogen) atoms. The molecule has 0 radical (unpaired) electrons. The molecule has 1 aromatic heterocycles. The molecule has 2 N–H and O–H groups in total. The lowest BCUT2D eigenvalue weighted by Gasteiger charge is -2.16. The van der Waals surface area contributed by atoms with Gasteiger partial charge in [0.05, 0.1) is 6.61 Å². The molecule has 0 aliphatic carbocycles. The maximum absolute atomic E-state index is 12.6. The number of aromatic hydroxyl groups is 1. The molecular weight excluding hydrogens is 470 g/mol. The Hall–Kier alpha value is -4.31. The Kier molecular flexibility index (Phi) is 8.69. The first-order chi connectivity index (χ1) is 17.2. The normalized spacial score (nSPS) is 11.9. The highest BCUT2D eigenvalue weighted by Gasteiger charge is 2.19. The third-order valence-electron chi connectivity index (χ3n) is 4.83. The van der Waals surface area contributed by atoms with Gasteiger partial charge in [-0.1, -0.05) is 12.1 Å². The van der Waals surface area contributed by atoms with E-state index in [4.69, 9.17) is 18.6 Å². The highest BCUT2D eigenvalue weighted by molar-refractivity contribution is 6.08. The van der Waals surface area contributed by atoms with E-state index in [1.807, 2.05) is 0 Å². The van der Waals surface area contributed by atoms with E-state index in [0.717, 1.165) is 6.07 Å². The molecule has 10 heteroatoms. The van der Waals surface area contributed by atoms with Gasteiger partial charge in [0.1, 0.15) is 53.1 Å². The van der Waals surface area contributed by atoms with Gasteiger partial charge in [0.15, 0.2) is 11.2 Å². The quantitative estimate of drug-likeness (QED) is 0.231. The first kappa shape index (κ1) is 26.3. The molecule has 0 fully saturated rings. The Balaban J connectivity index is 1.70. The average Bonchev–Trinajstić information content (AvgIpc) is 2.84. The molecule has 1 atom stereocenters. The van der Waals surface area contributed by atoms with E-state index < -0.39 is 23.3 Å². The van der Waals surface area contributed by atoms with Gasteiger partial charge in [0, 0.05) is 32.4 Å². The van der Waals surface area contributed by atoms with Gasteiger partial charge >= 0.3 is 5.97 Å². The van der Waals surface area contributed by atoms with Crippen LogP contribution in [0.3, 0.4) is 0 Å². The van der Waals surface area contributed by atoms with Crippen LogP contribution in [0.4, 0.5) is 0 Å². The zero-order valence-corrected chi connectivity index (χ0v) is 20.1. The van der Waals surface area contributed by atoms with E-state index >= 15 is 0 Å². The number of fused-ring (bicyclic) bond motifs is 1. The number of carbonyl (C=O) groups is 2. The Morgan fingerprint density at radius 3 is 2.44 bits per heavy atom. The van der Waals surface area contributed by atoms with Gasteiger partial charge in [-0.15, -0.1) is 0 Å². The Labute approximate surface area is 206 Å². The smallest absolute Gasteiger partial charge is 0.374 e. The van der Waals surface area contributed by atoms with Crippen molar-refractivity contribution in [2.75, 3.05) is 33.9 Å². The summed E-state index contributed by atoms with van der Waals surface area (Å²) < 4.78 is 21.6. The molecule has 10 nitrogen and oxygen atoms in total. The van der Waals surface area contributed by atoms with Crippen LogP contribution < -0.4 is 14.9 Å². The summed E-state index contributed by atoms with van der Waals surface area (Å²) in [5, 5.41) is 20.6. The highest BCUT2D eigenvalue weighted by Crippen LogP contribution is 2.29. The first-order valence-corrected chi connectivity index (χ1v) is 11.1. The lowest BCUT2D eigenvalue weighted by atomic mass is 10.1. The fraction of sp³-hybridized carbons (Fsp3) is 0.269. The van der Waals surface area contributed by atoms with Crippen LogP contribution in [0.25, 0.3) is 11.0 Å². The molecule has 0 aliphatic heterocycles. The zero-order chi connectivity index (χ0) is 26.2. The Morgan fingerprint density at radius 1 is 1.08 bits per heavy atom. The number of hydrogen-bond donors (Lipinski definition) is 2. The molecule has 0 spiro atoms. The minimum atomic E-state index is -1.14. The van der Waals surface area contributed by atoms with Crippen LogP contribution in [0.1, 0.15) is 27.8 Å². The van der Waals surface area contributed by atoms with Crippen molar-refractivity contribution >= 4 is 22.7 Å². The van der Waals surface area contributed by atoms with Gasteiger partial charge in [0.25, 0.3) is 0 Å². The molecule has 0 bridgehead atoms. The number of ether oxygens (including phenoxy) is 3. The molecule has 190 valence electrons. The average molecular weight is 498 g/mol. The predicted molar refractivity (Wildman–Crippen MR) is 131 cm³/mol. The second-order valence-corrected chi connectivity index (χ2v) is 7.89. The van der Waals surface area contributed by atoms with Crippen LogP contribution in [-0.4, -0.2) is 66.9 Å². The van der Waals surface area contributed by atoms with E-state index in [-0.39, 0.29) is 59.4 Å². The SMILES string of the molecule is CCOC(=O)c1cc(=O)c2c(OCC(O)COc3cccc(O)c3C(=O)/C=C/N(C)C)cccc2o1. The van der Waals surface area contributed by atoms with Gasteiger partial charge in [-0.25, -0.2) is 4.79 Å². The third kappa shape index (κ3) is 6.42. The van der Waals surface area contributed by atoms with Crippen molar-refractivity contribution in [1.29, 1.82) is 0 Å². The molecule has 0 saturated heterocycles. The van der Waals surface area contributed by atoms with E-state index in [9.17, 15) is 24.6 Å². The van der Waals surface area contributed by atoms with Crippen molar-refractivity contribution < 1.29 is 38.4 Å². The number of ketones is 1. The molecule has 2 aromatic carbocycles. The van der Waals surface area contributed by atoms with Crippen molar-refractivity contribution in [3.05, 3.63) is 76.3 Å². The standard InChI is InChI=1S/C26H27NO9/c1-4-33-26(32)23-13-19(31)25-21(9-6-10-22(25)36-23)35-15-16(28)14-34-20-8-5-7-17(29)24(20)18(30)11-12-27(2)3/h5-13,16,28-29H,4,14-15H2,1-3H3/b12-11+. The number of benzene rings is 2. The summed E-state index contributed by atoms with van der Waals surface area (Å²) >= 11 is 0. The largest absolute Gasteiger partial charge is 0.507 e. The topological polar surface area (TPSA) is 136 Å². The molecule has 3 aromatic rings. The number of aliphatic hydroxyl groups excluding tert-OH is 1. The number of allylic oxidation sites excluding steroid dienone is 1. The molecule has 3 rings (SSSR count). The van der Waals surface area contributed by atoms with Crippen LogP contribution in [0, 0.1) is 0 Å². The third-order valence-corrected chi connectivity index (χ3v) is 4.83. The van der Waals surface area contributed by atoms with Gasteiger partial charge in [-0.2, -0.15) is 0 Å². The minimum Gasteiger partial charge on any atom is -0.507 e. The number of nitrogens with zero attached hydrogens (tertiary/aromatic N) is 1. The summed E-state index contributed by atoms with van der Waals surface area (Å²) in [5.74, 6) is -1.45. The number of rotatable bonds is 11. The second kappa shape index (κ2) is 11.9. The summed E-state index contributed by atoms with van der Waals surface area (Å²) in [4.78, 5) is 38.7. The lowest BCUT2D eigenvalue weighted by Crippen LogP contribution is -2.25. The van der Waals surface area contributed by atoms with Crippen molar-refractivity contribution in [3.8, 4) is 17.2 Å². The van der Waals surface area contributed by atoms with Gasteiger partial charge in [0.2, 0.25) is 5.76 Å². The van der Waals surface area contributed by atoms with Crippen molar-refractivity contribution in [2.24, 2.45) is 0 Å². The van der Waals surface area contributed by atoms with Crippen molar-refractivity contribution in [1.82, 2.24) is 4.90 Å². The van der Waals surface area contributed by atoms with E-state index in [0.29, 0.717) is 0 Å². The van der Waals surface area contributed by atoms with Crippen molar-refractivity contribution in [3.63, 3.8) is 0 Å². The van der Waals surface area contributed by atoms with Crippen LogP contribution in [0.2, 0.25) is 0 Å². The van der Waals surface area contributed by atoms with Gasteiger partial charge < -0.3 is 33.7 Å². The van der Waals surface area contributed by atoms with Crippen LogP contribution in [0.15, 0.2) is 64.0 Å². The summed E-state index contributed by atoms with van der Waals surface area (Å²) in [5.41, 5.74) is -0.412. The number of hydrogen-bond acceptors (Lipinski definition) is 10. The number of phenols is 1. The Bertz CT molecular complexity index is 1330. The predicted octanol–water partition coefficient (Wildman–Crippen LogP) is 2.75. The van der Waals surface area contributed by atoms with Crippen molar-refractivity contribution in [2.45, 2.75) is 13.0 Å². The number of carbonyl (C=O) groups excluding carboxylic acids is 2. The maximum Gasteiger partial charge on any atom is 0.374 e. The fourth-order valence-electron chi connectivity index (χ4n) is 3.21. The molecule has 1 heterocycles. The van der Waals surface area contributed by atoms with E-state index in [1.54, 1.807) is 32.0 Å². The fourth-order valence-corrected chi connectivity index (χ4v) is 3.21. The number of esters is 1. The van der Waals surface area contributed by atoms with E-state index in [2.05, 4.69) is 0 Å². The lowest BCUT2D eigenvalue weighted by molar-refractivity contribution is 0.0490. The number of aliphatic hydroxyl groups is 1. The van der Waals surface area contributed by atoms with E-state index in [1.165, 1.54) is 42.6 Å². The summed E-state index contributed by atoms with van der Waals surface area (Å²) in [6, 6.07) is 10.0. The van der Waals surface area contributed by atoms with Crippen LogP contribution >= 0.6 is 0 Å². The monoisotopic (exact) mass is 497 g/mol. The molecule has 0 aliphatic rings. The number of phenolic OH excluding ortho intramolecular Hbond substituents is 1. The molecule has 0 amide bonds. The van der Waals surface area contributed by atoms with Gasteiger partial charge in [-0.3, -0.25) is 9.59 Å². The maximum atomic E-state index is 12.6. The molecule has 0 saturated carbocycles. The summed E-state index contributed by atoms with van der Waals surface area (Å²) in [7, 11) is 3.50. The van der Waals surface area contributed by atoms with Gasteiger partial charge in [-0.05, 0) is 31.2 Å². The zero-order valence-electron chi connectivity index (χ0n) is 20.1. The molecular formula is C26H27NO9. The Morgan fingerprint density at radius 2 is 1.75 bits per heavy atom. The highest BCUT2D eigenvalue weighted by atomic mass is 16.5. The first-order valence-electron chi connectivity index (χ1n) is 11.1. The summed E-state index contributed by atoms with van der Waals surface area (Å²) in [6.07, 6.45) is 1.69. The molecule has 1 unspecified atom stereocenters. The van der Waals surface area contributed by atoms with Crippen LogP contribution in [-0.2, 0) is 4.74 Å². The second-order valence-electron chi connectivity index (χ2n) is 7.89. The van der Waals surface area contributed by atoms with Crippen LogP contribution in [0.5, 0.6) is 17.2 Å².